The number of fused-ring (bicyclic) bond motifs is 1. The molecule has 1 amide bonds. The number of rotatable bonds is 3. The molecule has 0 spiro atoms. The second kappa shape index (κ2) is 7.76. The fraction of sp³-hybridized carbons (Fsp3) is 0.636. The minimum absolute atomic E-state index is 0.00962. The van der Waals surface area contributed by atoms with Gasteiger partial charge >= 0.3 is 0 Å². The van der Waals surface area contributed by atoms with E-state index in [4.69, 9.17) is 0 Å². The summed E-state index contributed by atoms with van der Waals surface area (Å²) in [5.74, 6) is 0.356. The number of nitrogens with one attached hydrogen (secondary N) is 1. The van der Waals surface area contributed by atoms with Gasteiger partial charge in [0.15, 0.2) is 0 Å². The molecule has 4 rings (SSSR count). The van der Waals surface area contributed by atoms with E-state index in [1.54, 1.807) is 10.7 Å². The maximum absolute atomic E-state index is 12.8. The molecule has 3 heterocycles. The predicted octanol–water partition coefficient (Wildman–Crippen LogP) is 2.70. The quantitative estimate of drug-likeness (QED) is 0.863. The molecule has 2 aromatic heterocycles. The molecule has 29 heavy (non-hydrogen) atoms. The van der Waals surface area contributed by atoms with Gasteiger partial charge in [0.25, 0.3) is 11.5 Å². The van der Waals surface area contributed by atoms with Crippen molar-refractivity contribution in [2.45, 2.75) is 71.3 Å². The number of hydrogen-bond donors (Lipinski definition) is 1. The lowest BCUT2D eigenvalue weighted by Crippen LogP contribution is -2.40. The van der Waals surface area contributed by atoms with Crippen molar-refractivity contribution in [2.24, 2.45) is 5.92 Å². The standard InChI is InChI=1S/C22H31N5O2/c1-22(2,3)19-13-18(23-24-19)21(29)26-10-8-15(9-11-26)14-27-20(28)12-16-6-4-5-7-17(16)25-27/h12-13,15H,4-11,14H2,1-3H3,(H,23,24). The smallest absolute Gasteiger partial charge is 0.274 e. The zero-order chi connectivity index (χ0) is 20.6. The Morgan fingerprint density at radius 3 is 2.59 bits per heavy atom. The second-order valence-electron chi connectivity index (χ2n) is 9.50. The summed E-state index contributed by atoms with van der Waals surface area (Å²) < 4.78 is 1.65. The van der Waals surface area contributed by atoms with Gasteiger partial charge in [-0.05, 0) is 56.1 Å². The number of aromatic amines is 1. The van der Waals surface area contributed by atoms with Gasteiger partial charge < -0.3 is 4.90 Å². The molecule has 156 valence electrons. The monoisotopic (exact) mass is 397 g/mol. The van der Waals surface area contributed by atoms with Crippen molar-refractivity contribution in [3.05, 3.63) is 45.1 Å². The number of amides is 1. The molecule has 0 radical (unpaired) electrons. The Kier molecular flexibility index (Phi) is 5.32. The second-order valence-corrected chi connectivity index (χ2v) is 9.50. The zero-order valence-corrected chi connectivity index (χ0v) is 17.7. The average molecular weight is 398 g/mol. The number of aromatic nitrogens is 4. The number of aryl methyl sites for hydroxylation is 2. The third-order valence-corrected chi connectivity index (χ3v) is 6.21. The number of carbonyl (C=O) groups is 1. The number of piperidine rings is 1. The molecule has 0 atom stereocenters. The first kappa shape index (κ1) is 19.9. The van der Waals surface area contributed by atoms with Gasteiger partial charge in [-0.2, -0.15) is 10.2 Å². The highest BCUT2D eigenvalue weighted by molar-refractivity contribution is 5.92. The third kappa shape index (κ3) is 4.28. The van der Waals surface area contributed by atoms with Gasteiger partial charge in [0.1, 0.15) is 5.69 Å². The number of H-pyrrole nitrogens is 1. The summed E-state index contributed by atoms with van der Waals surface area (Å²) in [4.78, 5) is 27.1. The minimum atomic E-state index is -0.0618. The number of carbonyl (C=O) groups excluding carboxylic acids is 1. The lowest BCUT2D eigenvalue weighted by atomic mass is 9.92. The van der Waals surface area contributed by atoms with Crippen molar-refractivity contribution in [1.82, 2.24) is 24.9 Å². The summed E-state index contributed by atoms with van der Waals surface area (Å²) in [6.45, 7) is 8.32. The van der Waals surface area contributed by atoms with Gasteiger partial charge in [-0.1, -0.05) is 20.8 Å². The molecule has 2 aromatic rings. The molecule has 1 saturated heterocycles. The highest BCUT2D eigenvalue weighted by Gasteiger charge is 2.27. The Bertz CT molecular complexity index is 945. The Labute approximate surface area is 171 Å². The maximum atomic E-state index is 12.8. The van der Waals surface area contributed by atoms with Crippen molar-refractivity contribution < 1.29 is 4.79 Å². The van der Waals surface area contributed by atoms with E-state index in [0.29, 0.717) is 31.2 Å². The topological polar surface area (TPSA) is 83.9 Å². The Morgan fingerprint density at radius 1 is 1.17 bits per heavy atom. The van der Waals surface area contributed by atoms with Crippen molar-refractivity contribution in [1.29, 1.82) is 0 Å². The van der Waals surface area contributed by atoms with Crippen LogP contribution in [0.2, 0.25) is 0 Å². The van der Waals surface area contributed by atoms with Crippen LogP contribution in [0.5, 0.6) is 0 Å². The summed E-state index contributed by atoms with van der Waals surface area (Å²) in [6, 6.07) is 3.65. The molecule has 7 heteroatoms. The van der Waals surface area contributed by atoms with Crippen LogP contribution in [0.4, 0.5) is 0 Å². The summed E-state index contributed by atoms with van der Waals surface area (Å²) in [6.07, 6.45) is 6.02. The molecule has 2 aliphatic rings. The highest BCUT2D eigenvalue weighted by Crippen LogP contribution is 2.23. The van der Waals surface area contributed by atoms with Crippen LogP contribution >= 0.6 is 0 Å². The molecule has 0 aromatic carbocycles. The molecule has 0 saturated carbocycles. The Hall–Kier alpha value is -2.44. The van der Waals surface area contributed by atoms with E-state index in [9.17, 15) is 9.59 Å². The van der Waals surface area contributed by atoms with Gasteiger partial charge in [-0.15, -0.1) is 0 Å². The molecular formula is C22H31N5O2. The van der Waals surface area contributed by atoms with Crippen LogP contribution in [-0.4, -0.2) is 43.9 Å². The summed E-state index contributed by atoms with van der Waals surface area (Å²) in [5.41, 5.74) is 3.63. The Morgan fingerprint density at radius 2 is 1.90 bits per heavy atom. The molecule has 7 nitrogen and oxygen atoms in total. The van der Waals surface area contributed by atoms with E-state index >= 15 is 0 Å². The van der Waals surface area contributed by atoms with Gasteiger partial charge in [-0.3, -0.25) is 14.7 Å². The predicted molar refractivity (Wildman–Crippen MR) is 111 cm³/mol. The van der Waals surface area contributed by atoms with Crippen LogP contribution in [0.1, 0.15) is 73.9 Å². The zero-order valence-electron chi connectivity index (χ0n) is 17.7. The molecule has 1 N–H and O–H groups in total. The summed E-state index contributed by atoms with van der Waals surface area (Å²) in [7, 11) is 0. The minimum Gasteiger partial charge on any atom is -0.337 e. The van der Waals surface area contributed by atoms with Crippen molar-refractivity contribution in [3.63, 3.8) is 0 Å². The molecule has 1 aliphatic carbocycles. The van der Waals surface area contributed by atoms with E-state index in [-0.39, 0.29) is 16.9 Å². The van der Waals surface area contributed by atoms with Crippen LogP contribution < -0.4 is 5.56 Å². The van der Waals surface area contributed by atoms with Gasteiger partial charge in [0.05, 0.1) is 5.69 Å². The maximum Gasteiger partial charge on any atom is 0.274 e. The lowest BCUT2D eigenvalue weighted by Gasteiger charge is -2.31. The third-order valence-electron chi connectivity index (χ3n) is 6.21. The summed E-state index contributed by atoms with van der Waals surface area (Å²) in [5, 5.41) is 11.9. The summed E-state index contributed by atoms with van der Waals surface area (Å²) >= 11 is 0. The SMILES string of the molecule is CC(C)(C)c1cc(C(=O)N2CCC(Cn3nc4c(cc3=O)CCCC4)CC2)n[nH]1. The normalized spacial score (nSPS) is 18.0. The van der Waals surface area contributed by atoms with Gasteiger partial charge in [0, 0.05) is 36.8 Å². The van der Waals surface area contributed by atoms with Crippen LogP contribution in [-0.2, 0) is 24.8 Å². The van der Waals surface area contributed by atoms with E-state index in [0.717, 1.165) is 55.5 Å². The first-order valence-electron chi connectivity index (χ1n) is 10.8. The number of hydrogen-bond acceptors (Lipinski definition) is 4. The van der Waals surface area contributed by atoms with Crippen LogP contribution in [0.15, 0.2) is 16.9 Å². The van der Waals surface area contributed by atoms with E-state index in [2.05, 4.69) is 36.1 Å². The van der Waals surface area contributed by atoms with Gasteiger partial charge in [-0.25, -0.2) is 4.68 Å². The van der Waals surface area contributed by atoms with Crippen molar-refractivity contribution >= 4 is 5.91 Å². The Balaban J connectivity index is 1.37. The number of likely N-dealkylation sites (tertiary alicyclic amines) is 1. The van der Waals surface area contributed by atoms with Crippen LogP contribution in [0.3, 0.4) is 0 Å². The van der Waals surface area contributed by atoms with Crippen molar-refractivity contribution in [3.8, 4) is 0 Å². The average Bonchev–Trinajstić information content (AvgIpc) is 3.19. The molecule has 0 bridgehead atoms. The molecule has 1 fully saturated rings. The fourth-order valence-electron chi connectivity index (χ4n) is 4.27. The fourth-order valence-corrected chi connectivity index (χ4v) is 4.27. The molecular weight excluding hydrogens is 366 g/mol. The van der Waals surface area contributed by atoms with Gasteiger partial charge in [0.2, 0.25) is 0 Å². The highest BCUT2D eigenvalue weighted by atomic mass is 16.2. The first-order valence-corrected chi connectivity index (χ1v) is 10.8. The van der Waals surface area contributed by atoms with Crippen molar-refractivity contribution in [2.75, 3.05) is 13.1 Å². The van der Waals surface area contributed by atoms with Crippen LogP contribution in [0, 0.1) is 5.92 Å². The molecule has 0 unspecified atom stereocenters. The largest absolute Gasteiger partial charge is 0.337 e. The lowest BCUT2D eigenvalue weighted by molar-refractivity contribution is 0.0674. The first-order chi connectivity index (χ1) is 13.8. The van der Waals surface area contributed by atoms with E-state index in [1.807, 2.05) is 11.0 Å². The van der Waals surface area contributed by atoms with E-state index in [1.165, 1.54) is 0 Å². The number of nitrogens with zero attached hydrogens (tertiary/aromatic N) is 4. The molecule has 1 aliphatic heterocycles. The van der Waals surface area contributed by atoms with Crippen LogP contribution in [0.25, 0.3) is 0 Å². The van der Waals surface area contributed by atoms with E-state index < -0.39 is 0 Å².